The molecular weight excluding hydrogens is 404 g/mol. The number of amides is 1. The summed E-state index contributed by atoms with van der Waals surface area (Å²) < 4.78 is 6.94. The van der Waals surface area contributed by atoms with Crippen molar-refractivity contribution in [3.63, 3.8) is 0 Å². The standard InChI is InChI=1S/C22H23ClN4O3/c1-3-4-7-27-13-17(16-12-14(2)24-19(16)22(27)29)18-6-5-15(20(23)25-18)21(28)26-8-10-30-11-9-26/h3-6,12-13,24H,7-11H2,1-2H3. The average molecular weight is 427 g/mol. The van der Waals surface area contributed by atoms with Crippen molar-refractivity contribution in [2.75, 3.05) is 26.3 Å². The number of carbonyl (C=O) groups excluding carboxylic acids is 1. The molecule has 30 heavy (non-hydrogen) atoms. The number of H-pyrrole nitrogens is 1. The Kier molecular flexibility index (Phi) is 5.74. The van der Waals surface area contributed by atoms with Crippen LogP contribution in [0.2, 0.25) is 5.15 Å². The molecule has 1 saturated heterocycles. The van der Waals surface area contributed by atoms with E-state index in [1.54, 1.807) is 27.8 Å². The highest BCUT2D eigenvalue weighted by Gasteiger charge is 2.22. The van der Waals surface area contributed by atoms with Crippen LogP contribution >= 0.6 is 11.6 Å². The number of aryl methyl sites for hydroxylation is 1. The van der Waals surface area contributed by atoms with Crippen molar-refractivity contribution < 1.29 is 9.53 Å². The van der Waals surface area contributed by atoms with Gasteiger partial charge in [-0.25, -0.2) is 4.98 Å². The largest absolute Gasteiger partial charge is 0.378 e. The number of pyridine rings is 2. The Morgan fingerprint density at radius 2 is 2.10 bits per heavy atom. The number of aromatic nitrogens is 3. The van der Waals surface area contributed by atoms with Crippen molar-refractivity contribution in [1.82, 2.24) is 19.4 Å². The molecule has 0 unspecified atom stereocenters. The van der Waals surface area contributed by atoms with Gasteiger partial charge in [0.1, 0.15) is 10.7 Å². The normalized spacial score (nSPS) is 14.7. The van der Waals surface area contributed by atoms with Gasteiger partial charge in [0.15, 0.2) is 0 Å². The highest BCUT2D eigenvalue weighted by atomic mass is 35.5. The fourth-order valence-electron chi connectivity index (χ4n) is 3.64. The number of aromatic amines is 1. The van der Waals surface area contributed by atoms with Gasteiger partial charge in [0.2, 0.25) is 0 Å². The number of fused-ring (bicyclic) bond motifs is 1. The molecule has 156 valence electrons. The molecule has 0 atom stereocenters. The van der Waals surface area contributed by atoms with Crippen LogP contribution in [0.25, 0.3) is 22.2 Å². The van der Waals surface area contributed by atoms with Gasteiger partial charge in [-0.3, -0.25) is 9.59 Å². The van der Waals surface area contributed by atoms with Gasteiger partial charge in [0.25, 0.3) is 11.5 Å². The van der Waals surface area contributed by atoms with E-state index in [2.05, 4.69) is 9.97 Å². The molecule has 0 radical (unpaired) electrons. The van der Waals surface area contributed by atoms with E-state index in [1.807, 2.05) is 32.1 Å². The number of nitrogens with zero attached hydrogens (tertiary/aromatic N) is 3. The Morgan fingerprint density at radius 3 is 2.80 bits per heavy atom. The van der Waals surface area contributed by atoms with Gasteiger partial charge in [-0.1, -0.05) is 23.8 Å². The second-order valence-corrected chi connectivity index (χ2v) is 7.61. The Balaban J connectivity index is 1.78. The molecule has 0 bridgehead atoms. The van der Waals surface area contributed by atoms with Crippen LogP contribution in [0.15, 0.2) is 41.3 Å². The molecule has 1 aliphatic rings. The third kappa shape index (κ3) is 3.78. The molecule has 3 aromatic rings. The predicted octanol–water partition coefficient (Wildman–Crippen LogP) is 3.40. The van der Waals surface area contributed by atoms with Crippen LogP contribution in [0.1, 0.15) is 23.0 Å². The van der Waals surface area contributed by atoms with Crippen LogP contribution < -0.4 is 5.56 Å². The van der Waals surface area contributed by atoms with Crippen LogP contribution in [0, 0.1) is 6.92 Å². The summed E-state index contributed by atoms with van der Waals surface area (Å²) in [6.07, 6.45) is 5.61. The first-order valence-corrected chi connectivity index (χ1v) is 10.2. The fraction of sp³-hybridized carbons (Fsp3) is 0.318. The maximum Gasteiger partial charge on any atom is 0.275 e. The molecule has 0 aromatic carbocycles. The fourth-order valence-corrected chi connectivity index (χ4v) is 3.87. The van der Waals surface area contributed by atoms with Crippen LogP contribution in [-0.2, 0) is 11.3 Å². The number of nitrogens with one attached hydrogen (secondary N) is 1. The Labute approximate surface area is 178 Å². The van der Waals surface area contributed by atoms with Crippen LogP contribution in [0.3, 0.4) is 0 Å². The number of ether oxygens (including phenoxy) is 1. The minimum atomic E-state index is -0.150. The van der Waals surface area contributed by atoms with E-state index in [0.717, 1.165) is 16.6 Å². The third-order valence-corrected chi connectivity index (χ3v) is 5.48. The van der Waals surface area contributed by atoms with Gasteiger partial charge in [-0.2, -0.15) is 0 Å². The van der Waals surface area contributed by atoms with E-state index < -0.39 is 0 Å². The van der Waals surface area contributed by atoms with E-state index in [0.29, 0.717) is 49.6 Å². The van der Waals surface area contributed by atoms with Gasteiger partial charge in [-0.05, 0) is 32.0 Å². The van der Waals surface area contributed by atoms with Gasteiger partial charge in [0.05, 0.1) is 24.5 Å². The zero-order valence-corrected chi connectivity index (χ0v) is 17.7. The molecule has 0 spiro atoms. The second kappa shape index (κ2) is 8.45. The highest BCUT2D eigenvalue weighted by Crippen LogP contribution is 2.29. The summed E-state index contributed by atoms with van der Waals surface area (Å²) in [6.45, 7) is 6.39. The van der Waals surface area contributed by atoms with E-state index in [-0.39, 0.29) is 16.6 Å². The van der Waals surface area contributed by atoms with E-state index in [9.17, 15) is 9.59 Å². The molecule has 1 amide bonds. The lowest BCUT2D eigenvalue weighted by Gasteiger charge is -2.27. The lowest BCUT2D eigenvalue weighted by atomic mass is 10.1. The third-order valence-electron chi connectivity index (χ3n) is 5.19. The zero-order valence-electron chi connectivity index (χ0n) is 16.9. The smallest absolute Gasteiger partial charge is 0.275 e. The van der Waals surface area contributed by atoms with Crippen molar-refractivity contribution in [3.05, 3.63) is 63.3 Å². The summed E-state index contributed by atoms with van der Waals surface area (Å²) in [7, 11) is 0. The van der Waals surface area contributed by atoms with Crippen molar-refractivity contribution in [3.8, 4) is 11.3 Å². The van der Waals surface area contributed by atoms with Crippen molar-refractivity contribution in [1.29, 1.82) is 0 Å². The molecule has 0 aliphatic carbocycles. The van der Waals surface area contributed by atoms with Crippen LogP contribution in [0.5, 0.6) is 0 Å². The predicted molar refractivity (Wildman–Crippen MR) is 117 cm³/mol. The molecule has 8 heteroatoms. The van der Waals surface area contributed by atoms with Crippen LogP contribution in [-0.4, -0.2) is 51.6 Å². The molecule has 1 fully saturated rings. The van der Waals surface area contributed by atoms with E-state index in [1.165, 1.54) is 0 Å². The number of rotatable bonds is 4. The summed E-state index contributed by atoms with van der Waals surface area (Å²) in [5.41, 5.74) is 3.08. The van der Waals surface area contributed by atoms with Gasteiger partial charge >= 0.3 is 0 Å². The second-order valence-electron chi connectivity index (χ2n) is 7.25. The molecule has 7 nitrogen and oxygen atoms in total. The maximum atomic E-state index is 12.8. The van der Waals surface area contributed by atoms with Crippen molar-refractivity contribution >= 4 is 28.4 Å². The monoisotopic (exact) mass is 426 g/mol. The van der Waals surface area contributed by atoms with E-state index in [4.69, 9.17) is 16.3 Å². The lowest BCUT2D eigenvalue weighted by molar-refractivity contribution is 0.0302. The first kappa shape index (κ1) is 20.4. The topological polar surface area (TPSA) is 80.2 Å². The first-order chi connectivity index (χ1) is 14.5. The lowest BCUT2D eigenvalue weighted by Crippen LogP contribution is -2.40. The number of allylic oxidation sites excluding steroid dienone is 2. The van der Waals surface area contributed by atoms with Crippen molar-refractivity contribution in [2.45, 2.75) is 20.4 Å². The minimum Gasteiger partial charge on any atom is -0.378 e. The molecular formula is C22H23ClN4O3. The van der Waals surface area contributed by atoms with Gasteiger partial charge in [-0.15, -0.1) is 0 Å². The Morgan fingerprint density at radius 1 is 1.33 bits per heavy atom. The molecule has 0 saturated carbocycles. The molecule has 1 aliphatic heterocycles. The molecule has 4 rings (SSSR count). The van der Waals surface area contributed by atoms with Crippen molar-refractivity contribution in [2.24, 2.45) is 0 Å². The van der Waals surface area contributed by atoms with E-state index >= 15 is 0 Å². The minimum absolute atomic E-state index is 0.0924. The van der Waals surface area contributed by atoms with Gasteiger partial charge < -0.3 is 19.2 Å². The number of hydrogen-bond acceptors (Lipinski definition) is 4. The SMILES string of the molecule is CC=CCn1cc(-c2ccc(C(=O)N3CCOCC3)c(Cl)n2)c2cc(C)[nH]c2c1=O. The summed E-state index contributed by atoms with van der Waals surface area (Å²) in [6, 6.07) is 5.41. The zero-order chi connectivity index (χ0) is 21.3. The summed E-state index contributed by atoms with van der Waals surface area (Å²) >= 11 is 6.43. The highest BCUT2D eigenvalue weighted by molar-refractivity contribution is 6.32. The Bertz CT molecular complexity index is 1190. The summed E-state index contributed by atoms with van der Waals surface area (Å²) in [5.74, 6) is -0.150. The average Bonchev–Trinajstić information content (AvgIpc) is 3.15. The molecule has 1 N–H and O–H groups in total. The quantitative estimate of drug-likeness (QED) is 0.512. The first-order valence-electron chi connectivity index (χ1n) is 9.87. The Hall–Kier alpha value is -2.90. The summed E-state index contributed by atoms with van der Waals surface area (Å²) in [4.78, 5) is 35.0. The number of hydrogen-bond donors (Lipinski definition) is 1. The number of morpholine rings is 1. The number of halogens is 1. The summed E-state index contributed by atoms with van der Waals surface area (Å²) in [5, 5.41) is 0.931. The van der Waals surface area contributed by atoms with Crippen LogP contribution in [0.4, 0.5) is 0 Å². The molecule has 3 aromatic heterocycles. The van der Waals surface area contributed by atoms with Gasteiger partial charge in [0, 0.05) is 42.5 Å². The number of carbonyl (C=O) groups is 1. The maximum absolute atomic E-state index is 12.8. The molecule has 4 heterocycles.